The molecule has 78 valence electrons. The molecule has 0 aromatic heterocycles. The molecule has 1 aliphatic rings. The maximum Gasteiger partial charge on any atom is 0.0796 e. The van der Waals surface area contributed by atoms with Crippen LogP contribution >= 0.6 is 0 Å². The van der Waals surface area contributed by atoms with Crippen LogP contribution in [0.15, 0.2) is 0 Å². The Morgan fingerprint density at radius 3 is 2.38 bits per heavy atom. The highest BCUT2D eigenvalue weighted by Crippen LogP contribution is 2.29. The van der Waals surface area contributed by atoms with E-state index in [0.717, 1.165) is 12.3 Å². The molecule has 1 rings (SSSR count). The van der Waals surface area contributed by atoms with Gasteiger partial charge in [-0.3, -0.25) is 0 Å². The van der Waals surface area contributed by atoms with Gasteiger partial charge >= 0.3 is 0 Å². The van der Waals surface area contributed by atoms with Gasteiger partial charge in [-0.1, -0.05) is 39.0 Å². The minimum atomic E-state index is -0.512. The highest BCUT2D eigenvalue weighted by atomic mass is 16.3. The smallest absolute Gasteiger partial charge is 0.0796 e. The van der Waals surface area contributed by atoms with Crippen molar-refractivity contribution in [3.05, 3.63) is 0 Å². The van der Waals surface area contributed by atoms with Crippen molar-refractivity contribution in [2.24, 2.45) is 11.8 Å². The molecule has 2 nitrogen and oxygen atoms in total. The third-order valence-electron chi connectivity index (χ3n) is 3.27. The van der Waals surface area contributed by atoms with Crippen LogP contribution in [0.5, 0.6) is 0 Å². The fraction of sp³-hybridized carbons (Fsp3) is 1.00. The molecule has 0 bridgehead atoms. The lowest BCUT2D eigenvalue weighted by Crippen LogP contribution is -2.24. The van der Waals surface area contributed by atoms with Crippen LogP contribution in [-0.2, 0) is 0 Å². The quantitative estimate of drug-likeness (QED) is 0.704. The summed E-state index contributed by atoms with van der Waals surface area (Å²) in [6.45, 7) is 1.95. The molecule has 0 saturated heterocycles. The molecule has 13 heavy (non-hydrogen) atoms. The van der Waals surface area contributed by atoms with Gasteiger partial charge in [-0.15, -0.1) is 0 Å². The second-order valence-electron chi connectivity index (χ2n) is 4.47. The van der Waals surface area contributed by atoms with Crippen molar-refractivity contribution >= 4 is 0 Å². The fourth-order valence-corrected chi connectivity index (χ4v) is 2.29. The van der Waals surface area contributed by atoms with Crippen LogP contribution in [0.1, 0.15) is 45.4 Å². The van der Waals surface area contributed by atoms with Crippen LogP contribution in [0.25, 0.3) is 0 Å². The third-order valence-corrected chi connectivity index (χ3v) is 3.27. The summed E-state index contributed by atoms with van der Waals surface area (Å²) in [5.41, 5.74) is 0. The van der Waals surface area contributed by atoms with E-state index in [2.05, 4.69) is 0 Å². The Morgan fingerprint density at radius 2 is 1.85 bits per heavy atom. The van der Waals surface area contributed by atoms with E-state index in [1.807, 2.05) is 6.92 Å². The number of aliphatic hydroxyl groups excluding tert-OH is 2. The van der Waals surface area contributed by atoms with Gasteiger partial charge in [0, 0.05) is 0 Å². The van der Waals surface area contributed by atoms with Gasteiger partial charge < -0.3 is 10.2 Å². The third kappa shape index (κ3) is 3.65. The monoisotopic (exact) mass is 186 g/mol. The van der Waals surface area contributed by atoms with Gasteiger partial charge in [-0.05, 0) is 18.3 Å². The number of hydrogen-bond acceptors (Lipinski definition) is 2. The lowest BCUT2D eigenvalue weighted by atomic mass is 9.82. The van der Waals surface area contributed by atoms with Crippen molar-refractivity contribution < 1.29 is 10.2 Å². The first-order valence-electron chi connectivity index (χ1n) is 5.53. The summed E-state index contributed by atoms with van der Waals surface area (Å²) < 4.78 is 0. The van der Waals surface area contributed by atoms with Gasteiger partial charge in [0.25, 0.3) is 0 Å². The molecule has 0 aliphatic heterocycles. The van der Waals surface area contributed by atoms with E-state index >= 15 is 0 Å². The second-order valence-corrected chi connectivity index (χ2v) is 4.47. The lowest BCUT2D eigenvalue weighted by Gasteiger charge is -2.26. The van der Waals surface area contributed by atoms with Crippen molar-refractivity contribution in [1.82, 2.24) is 0 Å². The maximum atomic E-state index is 9.41. The normalized spacial score (nSPS) is 24.2. The standard InChI is InChI=1S/C11H22O2/c1-9(11(13)8-12)7-10-5-3-2-4-6-10/h9-13H,2-8H2,1H3. The highest BCUT2D eigenvalue weighted by Gasteiger charge is 2.20. The summed E-state index contributed by atoms with van der Waals surface area (Å²) in [5.74, 6) is 1.05. The minimum Gasteiger partial charge on any atom is -0.394 e. The van der Waals surface area contributed by atoms with Crippen molar-refractivity contribution in [2.45, 2.75) is 51.6 Å². The summed E-state index contributed by atoms with van der Waals surface area (Å²) >= 11 is 0. The Kier molecular flexibility index (Phi) is 4.74. The first kappa shape index (κ1) is 11.0. The SMILES string of the molecule is CC(CC1CCCCC1)C(O)CO. The molecular weight excluding hydrogens is 164 g/mol. The predicted molar refractivity (Wildman–Crippen MR) is 53.4 cm³/mol. The molecule has 2 unspecified atom stereocenters. The van der Waals surface area contributed by atoms with E-state index in [9.17, 15) is 5.11 Å². The van der Waals surface area contributed by atoms with Crippen LogP contribution in [-0.4, -0.2) is 22.9 Å². The molecule has 0 aromatic rings. The summed E-state index contributed by atoms with van der Waals surface area (Å²) in [5, 5.41) is 18.2. The van der Waals surface area contributed by atoms with E-state index in [1.165, 1.54) is 32.1 Å². The molecule has 1 saturated carbocycles. The van der Waals surface area contributed by atoms with Gasteiger partial charge in [-0.2, -0.15) is 0 Å². The highest BCUT2D eigenvalue weighted by molar-refractivity contribution is 4.72. The van der Waals surface area contributed by atoms with Crippen molar-refractivity contribution in [3.8, 4) is 0 Å². The van der Waals surface area contributed by atoms with E-state index in [4.69, 9.17) is 5.11 Å². The predicted octanol–water partition coefficient (Wildman–Crippen LogP) is 1.95. The molecule has 1 aliphatic carbocycles. The van der Waals surface area contributed by atoms with Crippen LogP contribution in [0, 0.1) is 11.8 Å². The van der Waals surface area contributed by atoms with Gasteiger partial charge in [-0.25, -0.2) is 0 Å². The van der Waals surface area contributed by atoms with Gasteiger partial charge in [0.05, 0.1) is 12.7 Å². The molecule has 0 amide bonds. The van der Waals surface area contributed by atoms with Crippen molar-refractivity contribution in [1.29, 1.82) is 0 Å². The van der Waals surface area contributed by atoms with Crippen LogP contribution < -0.4 is 0 Å². The first-order valence-corrected chi connectivity index (χ1v) is 5.53. The zero-order chi connectivity index (χ0) is 9.68. The topological polar surface area (TPSA) is 40.5 Å². The van der Waals surface area contributed by atoms with Crippen LogP contribution in [0.2, 0.25) is 0 Å². The van der Waals surface area contributed by atoms with E-state index < -0.39 is 6.10 Å². The van der Waals surface area contributed by atoms with E-state index in [-0.39, 0.29) is 12.5 Å². The number of hydrogen-bond donors (Lipinski definition) is 2. The van der Waals surface area contributed by atoms with Crippen molar-refractivity contribution in [3.63, 3.8) is 0 Å². The molecule has 1 fully saturated rings. The molecular formula is C11H22O2. The van der Waals surface area contributed by atoms with Gasteiger partial charge in [0.2, 0.25) is 0 Å². The first-order chi connectivity index (χ1) is 6.24. The Bertz CT molecular complexity index is 130. The Hall–Kier alpha value is -0.0800. The molecule has 0 spiro atoms. The minimum absolute atomic E-state index is 0.0894. The average Bonchev–Trinajstić information content (AvgIpc) is 2.18. The molecule has 0 aromatic carbocycles. The van der Waals surface area contributed by atoms with Gasteiger partial charge in [0.15, 0.2) is 0 Å². The zero-order valence-corrected chi connectivity index (χ0v) is 8.58. The number of aliphatic hydroxyl groups is 2. The summed E-state index contributed by atoms with van der Waals surface area (Å²) in [7, 11) is 0. The molecule has 2 atom stereocenters. The van der Waals surface area contributed by atoms with Crippen LogP contribution in [0.3, 0.4) is 0 Å². The van der Waals surface area contributed by atoms with Gasteiger partial charge in [0.1, 0.15) is 0 Å². The summed E-state index contributed by atoms with van der Waals surface area (Å²) in [6, 6.07) is 0. The van der Waals surface area contributed by atoms with Crippen molar-refractivity contribution in [2.75, 3.05) is 6.61 Å². The van der Waals surface area contributed by atoms with E-state index in [0.29, 0.717) is 0 Å². The molecule has 0 radical (unpaired) electrons. The Balaban J connectivity index is 2.21. The zero-order valence-electron chi connectivity index (χ0n) is 8.58. The fourth-order valence-electron chi connectivity index (χ4n) is 2.29. The summed E-state index contributed by atoms with van der Waals surface area (Å²) in [4.78, 5) is 0. The lowest BCUT2D eigenvalue weighted by molar-refractivity contribution is 0.0417. The Labute approximate surface area is 81.0 Å². The molecule has 2 heteroatoms. The number of rotatable bonds is 4. The largest absolute Gasteiger partial charge is 0.394 e. The molecule has 2 N–H and O–H groups in total. The van der Waals surface area contributed by atoms with E-state index in [1.54, 1.807) is 0 Å². The Morgan fingerprint density at radius 1 is 1.23 bits per heavy atom. The maximum absolute atomic E-state index is 9.41. The average molecular weight is 186 g/mol. The summed E-state index contributed by atoms with van der Waals surface area (Å²) in [6.07, 6.45) is 7.31. The molecule has 0 heterocycles. The van der Waals surface area contributed by atoms with Crippen LogP contribution in [0.4, 0.5) is 0 Å². The second kappa shape index (κ2) is 5.61.